The normalized spacial score (nSPS) is 44.9. The van der Waals surface area contributed by atoms with Crippen molar-refractivity contribution in [1.29, 1.82) is 0 Å². The molecule has 0 aliphatic heterocycles. The second-order valence-corrected chi connectivity index (χ2v) is 11.0. The average Bonchev–Trinajstić information content (AvgIpc) is 3.33. The molecule has 4 nitrogen and oxygen atoms in total. The van der Waals surface area contributed by atoms with E-state index in [1.165, 1.54) is 6.26 Å². The summed E-state index contributed by atoms with van der Waals surface area (Å²) in [5.41, 5.74) is -2.53. The SMILES string of the molecule is C[C@]12CC[C@H]3[C@@H](CC[C@H]4C[C@@](O)(C(F)(F)F)CC[C@@H]43)[C@@H]1CC[C@@H]2C(=O)Cc1ncco1. The number of ketones is 1. The number of carbonyl (C=O) groups excluding carboxylic acids is 1. The van der Waals surface area contributed by atoms with Crippen LogP contribution in [0.15, 0.2) is 16.9 Å². The Kier molecular flexibility index (Phi) is 5.07. The van der Waals surface area contributed by atoms with Crippen molar-refractivity contribution in [1.82, 2.24) is 4.98 Å². The van der Waals surface area contributed by atoms with Gasteiger partial charge in [0.1, 0.15) is 12.0 Å². The lowest BCUT2D eigenvalue weighted by molar-refractivity contribution is -0.282. The lowest BCUT2D eigenvalue weighted by Crippen LogP contribution is -2.55. The first-order valence-electron chi connectivity index (χ1n) is 11.8. The van der Waals surface area contributed by atoms with Gasteiger partial charge < -0.3 is 9.52 Å². The van der Waals surface area contributed by atoms with Crippen LogP contribution in [0.5, 0.6) is 0 Å². The van der Waals surface area contributed by atoms with Crippen molar-refractivity contribution < 1.29 is 27.5 Å². The van der Waals surface area contributed by atoms with Crippen LogP contribution in [0.1, 0.15) is 70.6 Å². The van der Waals surface area contributed by atoms with Gasteiger partial charge >= 0.3 is 6.18 Å². The first-order valence-corrected chi connectivity index (χ1v) is 11.8. The number of carbonyl (C=O) groups is 1. The summed E-state index contributed by atoms with van der Waals surface area (Å²) in [7, 11) is 0. The van der Waals surface area contributed by atoms with Gasteiger partial charge in [-0.15, -0.1) is 0 Å². The zero-order valence-electron chi connectivity index (χ0n) is 18.0. The van der Waals surface area contributed by atoms with E-state index in [0.29, 0.717) is 30.1 Å². The number of alkyl halides is 3. The molecule has 31 heavy (non-hydrogen) atoms. The molecule has 7 heteroatoms. The summed E-state index contributed by atoms with van der Waals surface area (Å²) in [5.74, 6) is 2.37. The highest BCUT2D eigenvalue weighted by molar-refractivity contribution is 5.83. The Hall–Kier alpha value is -1.37. The summed E-state index contributed by atoms with van der Waals surface area (Å²) in [6.45, 7) is 2.27. The minimum absolute atomic E-state index is 0.0183. The van der Waals surface area contributed by atoms with E-state index < -0.39 is 11.8 Å². The zero-order valence-corrected chi connectivity index (χ0v) is 18.0. The van der Waals surface area contributed by atoms with Gasteiger partial charge in [0.25, 0.3) is 0 Å². The van der Waals surface area contributed by atoms with Crippen molar-refractivity contribution in [3.05, 3.63) is 18.4 Å². The second-order valence-electron chi connectivity index (χ2n) is 11.0. The molecule has 1 aromatic heterocycles. The molecule has 4 aliphatic carbocycles. The minimum atomic E-state index is -4.54. The molecule has 1 heterocycles. The highest BCUT2D eigenvalue weighted by Crippen LogP contribution is 2.65. The van der Waals surface area contributed by atoms with Gasteiger partial charge in [0.05, 0.1) is 12.6 Å². The van der Waals surface area contributed by atoms with Crippen molar-refractivity contribution in [2.75, 3.05) is 0 Å². The number of nitrogens with zero attached hydrogens (tertiary/aromatic N) is 1. The van der Waals surface area contributed by atoms with E-state index >= 15 is 0 Å². The molecule has 5 rings (SSSR count). The maximum absolute atomic E-state index is 13.4. The van der Waals surface area contributed by atoms with Crippen LogP contribution < -0.4 is 0 Å². The number of oxazole rings is 1. The molecule has 4 saturated carbocycles. The molecule has 4 aliphatic rings. The number of Topliss-reactive ketones (excluding diaryl/α,β-unsaturated/α-hetero) is 1. The Labute approximate surface area is 181 Å². The van der Waals surface area contributed by atoms with Crippen LogP contribution in [0.3, 0.4) is 0 Å². The van der Waals surface area contributed by atoms with Crippen LogP contribution in [-0.2, 0) is 11.2 Å². The van der Waals surface area contributed by atoms with Crippen molar-refractivity contribution in [2.45, 2.75) is 82.9 Å². The highest BCUT2D eigenvalue weighted by Gasteiger charge is 2.62. The zero-order chi connectivity index (χ0) is 22.0. The third-order valence-corrected chi connectivity index (χ3v) is 9.74. The van der Waals surface area contributed by atoms with Crippen molar-refractivity contribution in [3.63, 3.8) is 0 Å². The van der Waals surface area contributed by atoms with Crippen LogP contribution in [0.2, 0.25) is 0 Å². The Bertz CT molecular complexity index is 825. The first-order chi connectivity index (χ1) is 14.6. The number of hydrogen-bond donors (Lipinski definition) is 1. The maximum atomic E-state index is 13.4. The molecular formula is C24H32F3NO3. The van der Waals surface area contributed by atoms with Gasteiger partial charge in [0.15, 0.2) is 5.60 Å². The average molecular weight is 440 g/mol. The number of rotatable bonds is 3. The van der Waals surface area contributed by atoms with E-state index in [2.05, 4.69) is 11.9 Å². The molecule has 4 fully saturated rings. The fourth-order valence-electron chi connectivity index (χ4n) is 8.28. The van der Waals surface area contributed by atoms with Gasteiger partial charge in [-0.2, -0.15) is 13.2 Å². The number of fused-ring (bicyclic) bond motifs is 5. The number of hydrogen-bond acceptors (Lipinski definition) is 4. The fourth-order valence-corrected chi connectivity index (χ4v) is 8.28. The lowest BCUT2D eigenvalue weighted by atomic mass is 9.48. The van der Waals surface area contributed by atoms with E-state index in [1.807, 2.05) is 0 Å². The predicted molar refractivity (Wildman–Crippen MR) is 107 cm³/mol. The number of aliphatic hydroxyl groups is 1. The third kappa shape index (κ3) is 3.37. The molecule has 1 N–H and O–H groups in total. The van der Waals surface area contributed by atoms with E-state index in [-0.39, 0.29) is 48.2 Å². The molecule has 0 amide bonds. The summed E-state index contributed by atoms with van der Waals surface area (Å²) in [6, 6.07) is 0. The Morgan fingerprint density at radius 2 is 1.90 bits per heavy atom. The summed E-state index contributed by atoms with van der Waals surface area (Å²) in [5, 5.41) is 10.3. The molecule has 0 radical (unpaired) electrons. The van der Waals surface area contributed by atoms with Crippen molar-refractivity contribution in [3.8, 4) is 0 Å². The third-order valence-electron chi connectivity index (χ3n) is 9.74. The molecule has 8 atom stereocenters. The fraction of sp³-hybridized carbons (Fsp3) is 0.833. The topological polar surface area (TPSA) is 63.3 Å². The van der Waals surface area contributed by atoms with E-state index in [9.17, 15) is 23.1 Å². The van der Waals surface area contributed by atoms with Crippen LogP contribution in [0, 0.1) is 40.9 Å². The summed E-state index contributed by atoms with van der Waals surface area (Å²) >= 11 is 0. The molecule has 0 bridgehead atoms. The molecule has 0 saturated heterocycles. The predicted octanol–water partition coefficient (Wildman–Crippen LogP) is 5.35. The lowest BCUT2D eigenvalue weighted by Gasteiger charge is -2.57. The molecule has 172 valence electrons. The van der Waals surface area contributed by atoms with E-state index in [4.69, 9.17) is 4.42 Å². The molecular weight excluding hydrogens is 407 g/mol. The van der Waals surface area contributed by atoms with Gasteiger partial charge in [-0.1, -0.05) is 6.92 Å². The quantitative estimate of drug-likeness (QED) is 0.690. The van der Waals surface area contributed by atoms with E-state index in [1.54, 1.807) is 6.20 Å². The second kappa shape index (κ2) is 7.32. The summed E-state index contributed by atoms with van der Waals surface area (Å²) < 4.78 is 45.5. The van der Waals surface area contributed by atoms with Gasteiger partial charge in [0, 0.05) is 5.92 Å². The summed E-state index contributed by atoms with van der Waals surface area (Å²) in [6.07, 6.45) is 4.52. The highest BCUT2D eigenvalue weighted by atomic mass is 19.4. The van der Waals surface area contributed by atoms with Gasteiger partial charge in [0.2, 0.25) is 5.89 Å². The standard InChI is InChI=1S/C24H32F3NO3/c1-22-8-6-16-15-7-9-23(30,24(25,26)27)13-14(15)2-3-17(16)18(22)4-5-19(22)20(29)12-21-28-10-11-31-21/h10-11,14-19,30H,2-9,12-13H2,1H3/t14-,15-,16+,17+,18-,19+,22-,23+/m0/s1. The van der Waals surface area contributed by atoms with Crippen LogP contribution in [-0.4, -0.2) is 27.7 Å². The molecule has 0 unspecified atom stereocenters. The van der Waals surface area contributed by atoms with Crippen molar-refractivity contribution >= 4 is 5.78 Å². The van der Waals surface area contributed by atoms with Gasteiger partial charge in [-0.25, -0.2) is 4.98 Å². The number of aromatic nitrogens is 1. The monoisotopic (exact) mass is 439 g/mol. The van der Waals surface area contributed by atoms with Crippen LogP contribution in [0.4, 0.5) is 13.2 Å². The van der Waals surface area contributed by atoms with Crippen LogP contribution >= 0.6 is 0 Å². The molecule has 0 aromatic carbocycles. The van der Waals surface area contributed by atoms with Gasteiger partial charge in [-0.05, 0) is 92.8 Å². The maximum Gasteiger partial charge on any atom is 0.417 e. The Morgan fingerprint density at radius 3 is 2.61 bits per heavy atom. The van der Waals surface area contributed by atoms with Gasteiger partial charge in [-0.3, -0.25) is 4.79 Å². The first kappa shape index (κ1) is 21.5. The minimum Gasteiger partial charge on any atom is -0.449 e. The Morgan fingerprint density at radius 1 is 1.13 bits per heavy atom. The largest absolute Gasteiger partial charge is 0.449 e. The molecule has 0 spiro atoms. The Balaban J connectivity index is 1.30. The van der Waals surface area contributed by atoms with Crippen molar-refractivity contribution in [2.24, 2.45) is 40.9 Å². The van der Waals surface area contributed by atoms with Crippen LogP contribution in [0.25, 0.3) is 0 Å². The summed E-state index contributed by atoms with van der Waals surface area (Å²) in [4.78, 5) is 17.2. The smallest absolute Gasteiger partial charge is 0.417 e. The number of halogens is 3. The molecule has 1 aromatic rings. The van der Waals surface area contributed by atoms with E-state index in [0.717, 1.165) is 38.5 Å².